The molecule has 1 unspecified atom stereocenters. The Bertz CT molecular complexity index is 651. The molecule has 126 valence electrons. The van der Waals surface area contributed by atoms with Crippen molar-refractivity contribution in [1.29, 1.82) is 0 Å². The molecule has 24 heavy (non-hydrogen) atoms. The molecule has 3 nitrogen and oxygen atoms in total. The van der Waals surface area contributed by atoms with Crippen LogP contribution in [0.25, 0.3) is 0 Å². The smallest absolute Gasteiger partial charge is 0.163 e. The molecule has 1 heterocycles. The van der Waals surface area contributed by atoms with Crippen LogP contribution in [0.4, 0.5) is 0 Å². The number of carbonyl (C=O) groups is 1. The number of Topliss-reactive ketones (excluding diaryl/α,β-unsaturated/α-hetero) is 1. The Balaban J connectivity index is 1.62. The molecule has 1 atom stereocenters. The largest absolute Gasteiger partial charge is 0.314 e. The maximum atomic E-state index is 12.4. The Hall–Kier alpha value is -1.97. The summed E-state index contributed by atoms with van der Waals surface area (Å²) < 4.78 is 0. The summed E-state index contributed by atoms with van der Waals surface area (Å²) in [6, 6.07) is 18.8. The van der Waals surface area contributed by atoms with Gasteiger partial charge in [-0.2, -0.15) is 0 Å². The van der Waals surface area contributed by atoms with Crippen molar-refractivity contribution in [2.24, 2.45) is 0 Å². The highest BCUT2D eigenvalue weighted by atomic mass is 16.1. The minimum atomic E-state index is 0.222. The van der Waals surface area contributed by atoms with Crippen LogP contribution in [-0.4, -0.2) is 36.9 Å². The number of hydrogen-bond acceptors (Lipinski definition) is 3. The molecule has 0 spiro atoms. The first kappa shape index (κ1) is 16.9. The molecule has 2 aromatic carbocycles. The lowest BCUT2D eigenvalue weighted by Crippen LogP contribution is -2.45. The van der Waals surface area contributed by atoms with E-state index in [4.69, 9.17) is 0 Å². The van der Waals surface area contributed by atoms with E-state index in [2.05, 4.69) is 41.4 Å². The van der Waals surface area contributed by atoms with Gasteiger partial charge in [-0.1, -0.05) is 61.5 Å². The van der Waals surface area contributed by atoms with Crippen LogP contribution in [0, 0.1) is 0 Å². The highest BCUT2D eigenvalue weighted by Gasteiger charge is 2.22. The van der Waals surface area contributed by atoms with Gasteiger partial charge in [0.25, 0.3) is 0 Å². The minimum Gasteiger partial charge on any atom is -0.314 e. The number of aryl methyl sites for hydroxylation is 1. The van der Waals surface area contributed by atoms with E-state index < -0.39 is 0 Å². The molecule has 3 rings (SSSR count). The fourth-order valence-corrected chi connectivity index (χ4v) is 3.39. The average Bonchev–Trinajstić information content (AvgIpc) is 2.67. The summed E-state index contributed by atoms with van der Waals surface area (Å²) in [5, 5.41) is 3.46. The molecule has 0 saturated carbocycles. The quantitative estimate of drug-likeness (QED) is 0.827. The molecule has 0 radical (unpaired) electrons. The van der Waals surface area contributed by atoms with E-state index >= 15 is 0 Å². The summed E-state index contributed by atoms with van der Waals surface area (Å²) in [5.41, 5.74) is 3.33. The summed E-state index contributed by atoms with van der Waals surface area (Å²) in [4.78, 5) is 14.9. The zero-order chi connectivity index (χ0) is 16.8. The van der Waals surface area contributed by atoms with Crippen molar-refractivity contribution < 1.29 is 4.79 Å². The SMILES string of the molecule is CCN1CCNCC1c1ccc(C(=O)CCc2ccccc2)cc1. The Morgan fingerprint density at radius 3 is 2.58 bits per heavy atom. The van der Waals surface area contributed by atoms with E-state index in [0.717, 1.165) is 38.2 Å². The lowest BCUT2D eigenvalue weighted by Gasteiger charge is -2.35. The molecule has 1 saturated heterocycles. The molecule has 1 aliphatic rings. The van der Waals surface area contributed by atoms with Gasteiger partial charge in [0.05, 0.1) is 0 Å². The van der Waals surface area contributed by atoms with Crippen LogP contribution in [0.5, 0.6) is 0 Å². The Labute approximate surface area is 144 Å². The van der Waals surface area contributed by atoms with Crippen LogP contribution in [0.2, 0.25) is 0 Å². The first-order chi connectivity index (χ1) is 11.8. The maximum Gasteiger partial charge on any atom is 0.163 e. The van der Waals surface area contributed by atoms with Crippen molar-refractivity contribution in [3.05, 3.63) is 71.3 Å². The van der Waals surface area contributed by atoms with Crippen LogP contribution in [0.3, 0.4) is 0 Å². The second-order valence-electron chi connectivity index (χ2n) is 6.38. The first-order valence-electron chi connectivity index (χ1n) is 8.90. The molecule has 1 fully saturated rings. The lowest BCUT2D eigenvalue weighted by atomic mass is 9.98. The van der Waals surface area contributed by atoms with E-state index in [9.17, 15) is 4.79 Å². The van der Waals surface area contributed by atoms with Gasteiger partial charge >= 0.3 is 0 Å². The zero-order valence-electron chi connectivity index (χ0n) is 14.4. The van der Waals surface area contributed by atoms with Crippen molar-refractivity contribution in [2.75, 3.05) is 26.2 Å². The first-order valence-corrected chi connectivity index (χ1v) is 8.90. The number of hydrogen-bond donors (Lipinski definition) is 1. The molecule has 0 bridgehead atoms. The van der Waals surface area contributed by atoms with Gasteiger partial charge in [-0.3, -0.25) is 9.69 Å². The standard InChI is InChI=1S/C21H26N2O/c1-2-23-15-14-22-16-20(23)18-9-11-19(12-10-18)21(24)13-8-17-6-4-3-5-7-17/h3-7,9-12,20,22H,2,8,13-16H2,1H3. The molecule has 1 aliphatic heterocycles. The third-order valence-electron chi connectivity index (χ3n) is 4.86. The second-order valence-corrected chi connectivity index (χ2v) is 6.38. The van der Waals surface area contributed by atoms with Crippen molar-refractivity contribution in [1.82, 2.24) is 10.2 Å². The van der Waals surface area contributed by atoms with E-state index in [1.807, 2.05) is 30.3 Å². The van der Waals surface area contributed by atoms with Gasteiger partial charge in [-0.05, 0) is 24.1 Å². The molecule has 3 heteroatoms. The fraction of sp³-hybridized carbons (Fsp3) is 0.381. The summed E-state index contributed by atoms with van der Waals surface area (Å²) in [5.74, 6) is 0.222. The third kappa shape index (κ3) is 4.11. The van der Waals surface area contributed by atoms with Gasteiger partial charge in [-0.25, -0.2) is 0 Å². The van der Waals surface area contributed by atoms with Crippen LogP contribution < -0.4 is 5.32 Å². The highest BCUT2D eigenvalue weighted by molar-refractivity contribution is 5.96. The number of benzene rings is 2. The van der Waals surface area contributed by atoms with E-state index in [-0.39, 0.29) is 5.78 Å². The Morgan fingerprint density at radius 1 is 1.12 bits per heavy atom. The molecule has 0 aromatic heterocycles. The minimum absolute atomic E-state index is 0.222. The van der Waals surface area contributed by atoms with Gasteiger partial charge < -0.3 is 5.32 Å². The van der Waals surface area contributed by atoms with Gasteiger partial charge in [-0.15, -0.1) is 0 Å². The Morgan fingerprint density at radius 2 is 1.88 bits per heavy atom. The van der Waals surface area contributed by atoms with Crippen molar-refractivity contribution >= 4 is 5.78 Å². The van der Waals surface area contributed by atoms with Crippen LogP contribution in [-0.2, 0) is 6.42 Å². The molecular formula is C21H26N2O. The summed E-state index contributed by atoms with van der Waals surface area (Å²) >= 11 is 0. The third-order valence-corrected chi connectivity index (χ3v) is 4.86. The lowest BCUT2D eigenvalue weighted by molar-refractivity contribution is 0.0982. The predicted octanol–water partition coefficient (Wildman–Crippen LogP) is 3.47. The number of nitrogens with one attached hydrogen (secondary N) is 1. The zero-order valence-corrected chi connectivity index (χ0v) is 14.4. The van der Waals surface area contributed by atoms with E-state index in [1.54, 1.807) is 0 Å². The number of rotatable bonds is 6. The Kier molecular flexibility index (Phi) is 5.78. The van der Waals surface area contributed by atoms with Crippen molar-refractivity contribution in [2.45, 2.75) is 25.8 Å². The molecule has 2 aromatic rings. The molecule has 1 N–H and O–H groups in total. The normalized spacial score (nSPS) is 18.5. The number of nitrogens with zero attached hydrogens (tertiary/aromatic N) is 1. The topological polar surface area (TPSA) is 32.3 Å². The molecule has 0 aliphatic carbocycles. The summed E-state index contributed by atoms with van der Waals surface area (Å²) in [7, 11) is 0. The van der Waals surface area contributed by atoms with E-state index in [1.165, 1.54) is 11.1 Å². The summed E-state index contributed by atoms with van der Waals surface area (Å²) in [6.07, 6.45) is 1.37. The van der Waals surface area contributed by atoms with Gasteiger partial charge in [0.1, 0.15) is 0 Å². The number of carbonyl (C=O) groups excluding carboxylic acids is 1. The van der Waals surface area contributed by atoms with Gasteiger partial charge in [0.15, 0.2) is 5.78 Å². The van der Waals surface area contributed by atoms with Gasteiger partial charge in [0.2, 0.25) is 0 Å². The van der Waals surface area contributed by atoms with Crippen LogP contribution in [0.1, 0.15) is 40.9 Å². The second kappa shape index (κ2) is 8.22. The number of likely N-dealkylation sites (N-methyl/N-ethyl adjacent to an activating group) is 1. The van der Waals surface area contributed by atoms with Crippen LogP contribution in [0.15, 0.2) is 54.6 Å². The average molecular weight is 322 g/mol. The fourth-order valence-electron chi connectivity index (χ4n) is 3.39. The van der Waals surface area contributed by atoms with Crippen molar-refractivity contribution in [3.63, 3.8) is 0 Å². The predicted molar refractivity (Wildman–Crippen MR) is 98.4 cm³/mol. The molecule has 0 amide bonds. The highest BCUT2D eigenvalue weighted by Crippen LogP contribution is 2.22. The van der Waals surface area contributed by atoms with Crippen LogP contribution >= 0.6 is 0 Å². The van der Waals surface area contributed by atoms with Crippen molar-refractivity contribution in [3.8, 4) is 0 Å². The molecular weight excluding hydrogens is 296 g/mol. The number of ketones is 1. The van der Waals surface area contributed by atoms with Gasteiger partial charge in [0, 0.05) is 37.7 Å². The monoisotopic (exact) mass is 322 g/mol. The van der Waals surface area contributed by atoms with E-state index in [0.29, 0.717) is 12.5 Å². The summed E-state index contributed by atoms with van der Waals surface area (Å²) in [6.45, 7) is 6.39. The maximum absolute atomic E-state index is 12.4. The number of piperazine rings is 1.